The summed E-state index contributed by atoms with van der Waals surface area (Å²) in [7, 11) is 0. The number of carbonyl (C=O) groups is 2. The number of carbonyl (C=O) groups excluding carboxylic acids is 2. The first-order valence-corrected chi connectivity index (χ1v) is 31.5. The number of hydrogen-bond donors (Lipinski definition) is 4. The van der Waals surface area contributed by atoms with E-state index >= 15 is 0 Å². The Morgan fingerprint density at radius 3 is 2.32 bits per heavy atom. The topological polar surface area (TPSA) is 225 Å². The van der Waals surface area contributed by atoms with Crippen molar-refractivity contribution in [1.82, 2.24) is 40.4 Å². The Balaban J connectivity index is 0.524. The first kappa shape index (κ1) is 56.3. The Labute approximate surface area is 495 Å². The Bertz CT molecular complexity index is 3280. The number of para-hydroxylation sites is 1. The first-order valence-electron chi connectivity index (χ1n) is 30.7. The van der Waals surface area contributed by atoms with Crippen molar-refractivity contribution >= 4 is 46.2 Å². The number of nitrogen functional groups attached to an aromatic ring is 1. The molecule has 6 aromatic rings. The number of piperazine rings is 1. The third kappa shape index (κ3) is 11.5. The number of anilines is 4. The van der Waals surface area contributed by atoms with Crippen molar-refractivity contribution in [3.63, 3.8) is 0 Å². The molecule has 7 fully saturated rings. The number of aryl methyl sites for hydroxylation is 1. The van der Waals surface area contributed by atoms with Crippen molar-refractivity contribution in [2.45, 2.75) is 153 Å². The molecule has 2 amide bonds. The lowest BCUT2D eigenvalue weighted by atomic mass is 9.57. The molecule has 2 unspecified atom stereocenters. The number of ether oxygens (including phenoxy) is 2. The van der Waals surface area contributed by atoms with Gasteiger partial charge in [0.25, 0.3) is 0 Å². The number of nitrogens with two attached hydrogens (primary N) is 1. The van der Waals surface area contributed by atoms with Gasteiger partial charge in [0.1, 0.15) is 23.8 Å². The van der Waals surface area contributed by atoms with Gasteiger partial charge in [0.2, 0.25) is 17.7 Å². The van der Waals surface area contributed by atoms with Gasteiger partial charge in [-0.05, 0) is 118 Å². The van der Waals surface area contributed by atoms with Gasteiger partial charge in [0.15, 0.2) is 17.4 Å². The molecule has 2 bridgehead atoms. The number of hydrogen-bond acceptors (Lipinski definition) is 18. The van der Waals surface area contributed by atoms with Crippen LogP contribution in [0.5, 0.6) is 11.6 Å². The number of aromatic nitrogens is 5. The second kappa shape index (κ2) is 23.5. The minimum atomic E-state index is -0.797. The monoisotopic (exact) mass is 1160 g/mol. The van der Waals surface area contributed by atoms with E-state index in [1.165, 1.54) is 12.8 Å². The van der Waals surface area contributed by atoms with E-state index in [0.717, 1.165) is 142 Å². The SMILES string of the molecule is Cc1ncsc1-c1ccc([C@H](C)NC(=O)[C@@H]2C[C@@H](O)CN2C(=O)[C@@H](c2cc(N3CCC4(CC3)CC(CN3CCC(O[C@H]5C[C@H](Oc6cc(N7C8CCC7CN(c7cc(-c9ccccc9O)nnc7N)C8)ccn6)C5)CC3)C4)no2)C(C)C)cc1. The Morgan fingerprint density at radius 2 is 1.61 bits per heavy atom. The molecule has 0 radical (unpaired) electrons. The number of β-amino-alcohol motifs (C(OH)–C–C–N with tert-alkyl or cyclic N) is 1. The van der Waals surface area contributed by atoms with Crippen LogP contribution >= 0.6 is 11.3 Å². The largest absolute Gasteiger partial charge is 0.507 e. The van der Waals surface area contributed by atoms with Crippen molar-refractivity contribution in [2.75, 3.05) is 72.8 Å². The van der Waals surface area contributed by atoms with Gasteiger partial charge in [-0.25, -0.2) is 9.97 Å². The van der Waals surface area contributed by atoms with E-state index in [2.05, 4.69) is 62.4 Å². The molecule has 5 saturated heterocycles. The van der Waals surface area contributed by atoms with E-state index < -0.39 is 18.1 Å². The van der Waals surface area contributed by atoms with Crippen molar-refractivity contribution in [1.29, 1.82) is 0 Å². The fraction of sp³-hybridized carbons (Fsp3) is 0.547. The fourth-order valence-corrected chi connectivity index (χ4v) is 15.8. The quantitative estimate of drug-likeness (QED) is 0.0670. The molecule has 444 valence electrons. The molecule has 1 spiro atoms. The zero-order chi connectivity index (χ0) is 57.8. The van der Waals surface area contributed by atoms with Crippen LogP contribution in [0.25, 0.3) is 21.7 Å². The van der Waals surface area contributed by atoms with E-state index in [1.54, 1.807) is 28.4 Å². The Hall–Kier alpha value is -6.87. The average molecular weight is 1160 g/mol. The van der Waals surface area contributed by atoms with Gasteiger partial charge >= 0.3 is 0 Å². The summed E-state index contributed by atoms with van der Waals surface area (Å²) >= 11 is 1.60. The minimum absolute atomic E-state index is 0.0912. The van der Waals surface area contributed by atoms with Crippen LogP contribution in [0.3, 0.4) is 0 Å². The van der Waals surface area contributed by atoms with Crippen molar-refractivity contribution in [3.8, 4) is 33.3 Å². The molecule has 7 aliphatic rings. The normalized spacial score (nSPS) is 25.2. The van der Waals surface area contributed by atoms with Gasteiger partial charge in [-0.3, -0.25) is 9.59 Å². The average Bonchev–Trinajstić information content (AvgIpc) is 2.22. The van der Waals surface area contributed by atoms with Crippen molar-refractivity contribution < 1.29 is 33.8 Å². The number of piperidine rings is 2. The highest BCUT2D eigenvalue weighted by molar-refractivity contribution is 7.13. The Kier molecular flexibility index (Phi) is 15.8. The molecule has 2 saturated carbocycles. The molecule has 4 aromatic heterocycles. The number of pyridine rings is 1. The molecule has 2 aliphatic carbocycles. The number of amides is 2. The summed E-state index contributed by atoms with van der Waals surface area (Å²) in [6.45, 7) is 14.7. The molecular weight excluding hydrogens is 1080 g/mol. The van der Waals surface area contributed by atoms with Crippen LogP contribution in [0.4, 0.5) is 23.0 Å². The lowest BCUT2D eigenvalue weighted by Gasteiger charge is -2.53. The second-order valence-electron chi connectivity index (χ2n) is 25.6. The van der Waals surface area contributed by atoms with Crippen LogP contribution < -0.4 is 30.5 Å². The van der Waals surface area contributed by atoms with Gasteiger partial charge in [0.05, 0.1) is 51.8 Å². The summed E-state index contributed by atoms with van der Waals surface area (Å²) in [4.78, 5) is 49.8. The number of aliphatic hydroxyl groups excluding tert-OH is 1. The number of phenols is 1. The first-order chi connectivity index (χ1) is 40.7. The van der Waals surface area contributed by atoms with Crippen LogP contribution in [-0.4, -0.2) is 152 Å². The lowest BCUT2D eigenvalue weighted by molar-refractivity contribution is -0.141. The van der Waals surface area contributed by atoms with Gasteiger partial charge in [-0.2, -0.15) is 0 Å². The summed E-state index contributed by atoms with van der Waals surface area (Å²) in [5, 5.41) is 37.5. The van der Waals surface area contributed by atoms with Crippen LogP contribution in [0.15, 0.2) is 89.0 Å². The zero-order valence-electron chi connectivity index (χ0n) is 48.8. The molecule has 5 aliphatic heterocycles. The number of benzene rings is 2. The number of nitrogens with zero attached hydrogens (tertiary/aromatic N) is 10. The number of aromatic hydroxyl groups is 1. The Morgan fingerprint density at radius 1 is 0.857 bits per heavy atom. The third-order valence-corrected chi connectivity index (χ3v) is 20.6. The molecule has 6 atom stereocenters. The smallest absolute Gasteiger partial charge is 0.243 e. The highest BCUT2D eigenvalue weighted by atomic mass is 32.1. The molecule has 2 aromatic carbocycles. The van der Waals surface area contributed by atoms with E-state index in [-0.39, 0.29) is 54.7 Å². The standard InChI is InChI=1S/C64H80N12O7S/c1-38(2)59(63(80)75-36-47(77)26-54(75)62(79)68-39(3)42-9-11-43(12-10-42)60-40(4)67-37-84-60)56-30-57(71-83-56)73-23-18-64(19-24-73)31-41(32-64)33-72-21-16-48(17-22-72)81-49-27-50(28-49)82-58-25-44(15-20-66-58)76-45-13-14-46(76)35-74(34-45)53-29-52(69-70-61(53)65)51-7-5-6-8-55(51)78/h5-12,15,20,25,29-30,37-39,41,45-50,54,59,77-78H,13-14,16-19,21-24,26-28,31-36H2,1-4H3,(H2,65,70)(H,68,79)/t39-,45?,46?,47+,49-,50-,54-,59+/m0/s1. The number of rotatable bonds is 17. The number of aliphatic hydroxyl groups is 1. The second-order valence-corrected chi connectivity index (χ2v) is 26.5. The molecule has 20 heteroatoms. The van der Waals surface area contributed by atoms with Crippen molar-refractivity contribution in [3.05, 3.63) is 102 Å². The summed E-state index contributed by atoms with van der Waals surface area (Å²) in [6.07, 6.45) is 12.7. The van der Waals surface area contributed by atoms with Gasteiger partial charge < -0.3 is 59.8 Å². The predicted octanol–water partition coefficient (Wildman–Crippen LogP) is 8.77. The fourth-order valence-electron chi connectivity index (χ4n) is 15.0. The van der Waals surface area contributed by atoms with E-state index in [4.69, 9.17) is 19.7 Å². The number of phenolic OH excluding ortho intramolecular Hbond substituents is 1. The number of nitrogens with one attached hydrogen (secondary N) is 1. The van der Waals surface area contributed by atoms with Gasteiger partial charge in [0, 0.05) is 113 Å². The number of thiazole rings is 1. The summed E-state index contributed by atoms with van der Waals surface area (Å²) in [5.41, 5.74) is 14.9. The van der Waals surface area contributed by atoms with Gasteiger partial charge in [-0.1, -0.05) is 55.4 Å². The maximum Gasteiger partial charge on any atom is 0.243 e. The minimum Gasteiger partial charge on any atom is -0.507 e. The van der Waals surface area contributed by atoms with Crippen LogP contribution in [-0.2, 0) is 14.3 Å². The van der Waals surface area contributed by atoms with Crippen molar-refractivity contribution in [2.24, 2.45) is 17.3 Å². The predicted molar refractivity (Wildman–Crippen MR) is 323 cm³/mol. The summed E-state index contributed by atoms with van der Waals surface area (Å²) in [6, 6.07) is 22.9. The molecule has 13 rings (SSSR count). The number of likely N-dealkylation sites (tertiary alicyclic amines) is 2. The third-order valence-electron chi connectivity index (χ3n) is 19.6. The molecule has 9 heterocycles. The van der Waals surface area contributed by atoms with E-state index in [0.29, 0.717) is 52.3 Å². The highest BCUT2D eigenvalue weighted by Gasteiger charge is 2.48. The lowest BCUT2D eigenvalue weighted by Crippen LogP contribution is -2.54. The summed E-state index contributed by atoms with van der Waals surface area (Å²) < 4.78 is 19.1. The molecular formula is C64H80N12O7S. The number of fused-ring (bicyclic) bond motifs is 2. The molecule has 5 N–H and O–H groups in total. The van der Waals surface area contributed by atoms with Crippen LogP contribution in [0.1, 0.15) is 120 Å². The summed E-state index contributed by atoms with van der Waals surface area (Å²) in [5.74, 6) is 1.95. The maximum absolute atomic E-state index is 14.4. The van der Waals surface area contributed by atoms with Crippen LogP contribution in [0.2, 0.25) is 0 Å². The van der Waals surface area contributed by atoms with Crippen LogP contribution in [0, 0.1) is 24.2 Å². The van der Waals surface area contributed by atoms with E-state index in [1.807, 2.05) is 87.9 Å². The van der Waals surface area contributed by atoms with E-state index in [9.17, 15) is 19.8 Å². The van der Waals surface area contributed by atoms with Gasteiger partial charge in [-0.15, -0.1) is 21.5 Å². The molecule has 19 nitrogen and oxygen atoms in total. The molecule has 84 heavy (non-hydrogen) atoms. The zero-order valence-corrected chi connectivity index (χ0v) is 49.6. The highest BCUT2D eigenvalue weighted by Crippen LogP contribution is 2.53. The maximum atomic E-state index is 14.4.